The van der Waals surface area contributed by atoms with Gasteiger partial charge in [0.2, 0.25) is 0 Å². The molecule has 2 atom stereocenters. The van der Waals surface area contributed by atoms with Gasteiger partial charge in [-0.3, -0.25) is 4.79 Å². The monoisotopic (exact) mass is 206 g/mol. The van der Waals surface area contributed by atoms with Gasteiger partial charge < -0.3 is 10.2 Å². The summed E-state index contributed by atoms with van der Waals surface area (Å²) in [6, 6.07) is 0. The van der Waals surface area contributed by atoms with Crippen molar-refractivity contribution in [1.29, 1.82) is 0 Å². The van der Waals surface area contributed by atoms with Crippen LogP contribution in [0.1, 0.15) is 26.7 Å². The van der Waals surface area contributed by atoms with Crippen LogP contribution in [0.3, 0.4) is 0 Å². The summed E-state index contributed by atoms with van der Waals surface area (Å²) in [5.74, 6) is 1.22. The molecule has 0 amide bonds. The van der Waals surface area contributed by atoms with Crippen molar-refractivity contribution in [3.05, 3.63) is 0 Å². The van der Waals surface area contributed by atoms with Gasteiger partial charge >= 0.3 is 5.97 Å². The summed E-state index contributed by atoms with van der Waals surface area (Å²) >= 11 is 1.62. The van der Waals surface area contributed by atoms with E-state index < -0.39 is 12.1 Å². The van der Waals surface area contributed by atoms with Gasteiger partial charge in [0.1, 0.15) is 0 Å². The first-order chi connectivity index (χ1) is 6.06. The number of aliphatic hydroxyl groups is 1. The van der Waals surface area contributed by atoms with Crippen LogP contribution in [0, 0.1) is 5.92 Å². The normalized spacial score (nSPS) is 15.3. The van der Waals surface area contributed by atoms with Crippen molar-refractivity contribution in [1.82, 2.24) is 0 Å². The maximum Gasteiger partial charge on any atom is 0.306 e. The molecule has 0 spiro atoms. The van der Waals surface area contributed by atoms with Crippen LogP contribution in [-0.2, 0) is 4.79 Å². The fourth-order valence-electron chi connectivity index (χ4n) is 0.784. The highest BCUT2D eigenvalue weighted by molar-refractivity contribution is 7.99. The molecule has 0 saturated carbocycles. The number of rotatable bonds is 7. The van der Waals surface area contributed by atoms with Crippen molar-refractivity contribution in [3.8, 4) is 0 Å². The van der Waals surface area contributed by atoms with E-state index in [2.05, 4.69) is 13.8 Å². The van der Waals surface area contributed by atoms with Gasteiger partial charge in [-0.2, -0.15) is 11.8 Å². The van der Waals surface area contributed by atoms with E-state index in [1.165, 1.54) is 0 Å². The predicted molar refractivity (Wildman–Crippen MR) is 55.0 cm³/mol. The minimum atomic E-state index is -0.934. The second kappa shape index (κ2) is 7.21. The van der Waals surface area contributed by atoms with E-state index in [1.54, 1.807) is 11.8 Å². The van der Waals surface area contributed by atoms with E-state index in [0.717, 1.165) is 12.2 Å². The number of hydrogen-bond acceptors (Lipinski definition) is 3. The van der Waals surface area contributed by atoms with Gasteiger partial charge in [0.05, 0.1) is 12.5 Å². The first kappa shape index (κ1) is 12.8. The highest BCUT2D eigenvalue weighted by Crippen LogP contribution is 2.13. The second-order valence-corrected chi connectivity index (χ2v) is 4.38. The van der Waals surface area contributed by atoms with Gasteiger partial charge in [-0.15, -0.1) is 0 Å². The van der Waals surface area contributed by atoms with Crippen LogP contribution >= 0.6 is 11.8 Å². The third kappa shape index (κ3) is 8.12. The molecule has 0 aliphatic carbocycles. The maximum atomic E-state index is 10.2. The van der Waals surface area contributed by atoms with E-state index in [1.807, 2.05) is 0 Å². The summed E-state index contributed by atoms with van der Waals surface area (Å²) in [4.78, 5) is 10.2. The standard InChI is InChI=1S/C9H18O3S/c1-3-7(2)5-13-6-8(10)4-9(11)12/h7-8,10H,3-6H2,1-2H3,(H,11,12). The highest BCUT2D eigenvalue weighted by Gasteiger charge is 2.09. The summed E-state index contributed by atoms with van der Waals surface area (Å²) < 4.78 is 0. The molecule has 0 aliphatic heterocycles. The van der Waals surface area contributed by atoms with Crippen LogP contribution in [0.5, 0.6) is 0 Å². The number of carbonyl (C=O) groups is 1. The Labute approximate surface area is 83.5 Å². The zero-order chi connectivity index (χ0) is 10.3. The zero-order valence-corrected chi connectivity index (χ0v) is 9.01. The smallest absolute Gasteiger partial charge is 0.306 e. The van der Waals surface area contributed by atoms with Crippen LogP contribution in [0.2, 0.25) is 0 Å². The SMILES string of the molecule is CCC(C)CSCC(O)CC(=O)O. The van der Waals surface area contributed by atoms with Crippen LogP contribution in [0.15, 0.2) is 0 Å². The topological polar surface area (TPSA) is 57.5 Å². The molecule has 3 nitrogen and oxygen atoms in total. The molecule has 0 fully saturated rings. The summed E-state index contributed by atoms with van der Waals surface area (Å²) in [6.45, 7) is 4.27. The molecule has 0 radical (unpaired) electrons. The van der Waals surface area contributed by atoms with Crippen molar-refractivity contribution in [3.63, 3.8) is 0 Å². The summed E-state index contributed by atoms with van der Waals surface area (Å²) in [5.41, 5.74) is 0. The molecule has 0 aliphatic rings. The van der Waals surface area contributed by atoms with Gasteiger partial charge in [-0.05, 0) is 11.7 Å². The average molecular weight is 206 g/mol. The molecule has 0 rings (SSSR count). The van der Waals surface area contributed by atoms with Crippen molar-refractivity contribution in [2.75, 3.05) is 11.5 Å². The molecule has 0 bridgehead atoms. The molecule has 2 N–H and O–H groups in total. The van der Waals surface area contributed by atoms with E-state index >= 15 is 0 Å². The highest BCUT2D eigenvalue weighted by atomic mass is 32.2. The van der Waals surface area contributed by atoms with Crippen molar-refractivity contribution < 1.29 is 15.0 Å². The van der Waals surface area contributed by atoms with E-state index in [4.69, 9.17) is 5.11 Å². The Morgan fingerprint density at radius 2 is 2.08 bits per heavy atom. The predicted octanol–water partition coefficient (Wildman–Crippen LogP) is 1.60. The van der Waals surface area contributed by atoms with Gasteiger partial charge in [-0.25, -0.2) is 0 Å². The lowest BCUT2D eigenvalue weighted by atomic mass is 10.2. The van der Waals surface area contributed by atoms with Crippen molar-refractivity contribution >= 4 is 17.7 Å². The molecule has 78 valence electrons. The molecule has 2 unspecified atom stereocenters. The second-order valence-electron chi connectivity index (χ2n) is 3.30. The zero-order valence-electron chi connectivity index (χ0n) is 8.19. The number of carboxylic acid groups (broad SMARTS) is 1. The summed E-state index contributed by atoms with van der Waals surface area (Å²) in [6.07, 6.45) is 0.279. The van der Waals surface area contributed by atoms with Gasteiger partial charge in [0, 0.05) is 5.75 Å². The molecule has 4 heteroatoms. The number of carboxylic acids is 1. The van der Waals surface area contributed by atoms with Crippen LogP contribution in [0.25, 0.3) is 0 Å². The lowest BCUT2D eigenvalue weighted by Crippen LogP contribution is -2.16. The maximum absolute atomic E-state index is 10.2. The Bertz CT molecular complexity index is 150. The Balaban J connectivity index is 3.36. The molecule has 0 aromatic carbocycles. The molecule has 0 heterocycles. The lowest BCUT2D eigenvalue weighted by molar-refractivity contribution is -0.138. The third-order valence-corrected chi connectivity index (χ3v) is 3.24. The first-order valence-electron chi connectivity index (χ1n) is 4.53. The quantitative estimate of drug-likeness (QED) is 0.664. The van der Waals surface area contributed by atoms with Crippen LogP contribution in [0.4, 0.5) is 0 Å². The first-order valence-corrected chi connectivity index (χ1v) is 5.69. The Morgan fingerprint density at radius 3 is 2.54 bits per heavy atom. The van der Waals surface area contributed by atoms with Gasteiger partial charge in [0.25, 0.3) is 0 Å². The number of hydrogen-bond donors (Lipinski definition) is 2. The number of aliphatic carboxylic acids is 1. The largest absolute Gasteiger partial charge is 0.481 e. The average Bonchev–Trinajstić information content (AvgIpc) is 2.02. The molecule has 0 aromatic heterocycles. The Kier molecular flexibility index (Phi) is 7.09. The molecular formula is C9H18O3S. The van der Waals surface area contributed by atoms with E-state index in [9.17, 15) is 9.90 Å². The Morgan fingerprint density at radius 1 is 1.46 bits per heavy atom. The van der Waals surface area contributed by atoms with Crippen LogP contribution < -0.4 is 0 Å². The lowest BCUT2D eigenvalue weighted by Gasteiger charge is -2.10. The minimum Gasteiger partial charge on any atom is -0.481 e. The summed E-state index contributed by atoms with van der Waals surface area (Å²) in [5, 5.41) is 17.6. The molecule has 0 saturated heterocycles. The fourth-order valence-corrected chi connectivity index (χ4v) is 1.95. The van der Waals surface area contributed by atoms with E-state index in [-0.39, 0.29) is 6.42 Å². The van der Waals surface area contributed by atoms with E-state index in [0.29, 0.717) is 11.7 Å². The van der Waals surface area contributed by atoms with Crippen LogP contribution in [-0.4, -0.2) is 33.8 Å². The Hall–Kier alpha value is -0.220. The van der Waals surface area contributed by atoms with Gasteiger partial charge in [-0.1, -0.05) is 20.3 Å². The van der Waals surface area contributed by atoms with Crippen molar-refractivity contribution in [2.45, 2.75) is 32.8 Å². The summed E-state index contributed by atoms with van der Waals surface area (Å²) in [7, 11) is 0. The van der Waals surface area contributed by atoms with Gasteiger partial charge in [0.15, 0.2) is 0 Å². The van der Waals surface area contributed by atoms with Crippen molar-refractivity contribution in [2.24, 2.45) is 5.92 Å². The minimum absolute atomic E-state index is 0.145. The molecule has 0 aromatic rings. The fraction of sp³-hybridized carbons (Fsp3) is 0.889. The number of aliphatic hydroxyl groups excluding tert-OH is 1. The molecule has 13 heavy (non-hydrogen) atoms. The third-order valence-electron chi connectivity index (χ3n) is 1.82. The molecular weight excluding hydrogens is 188 g/mol. The number of thioether (sulfide) groups is 1.